The fourth-order valence-electron chi connectivity index (χ4n) is 2.50. The van der Waals surface area contributed by atoms with Crippen molar-refractivity contribution in [1.82, 2.24) is 15.1 Å². The molecule has 2 unspecified atom stereocenters. The number of piperazine rings is 1. The number of hydrogen-bond donors (Lipinski definition) is 1. The molecule has 21 heavy (non-hydrogen) atoms. The van der Waals surface area contributed by atoms with Crippen LogP contribution in [0.25, 0.3) is 0 Å². The summed E-state index contributed by atoms with van der Waals surface area (Å²) in [6, 6.07) is -0.181. The summed E-state index contributed by atoms with van der Waals surface area (Å²) in [6.45, 7) is 11.8. The van der Waals surface area contributed by atoms with Gasteiger partial charge in [0.2, 0.25) is 11.8 Å². The van der Waals surface area contributed by atoms with Crippen LogP contribution in [0.15, 0.2) is 0 Å². The van der Waals surface area contributed by atoms with Gasteiger partial charge in [-0.05, 0) is 53.1 Å². The van der Waals surface area contributed by atoms with Gasteiger partial charge < -0.3 is 15.1 Å². The molecular formula is C16H31N3O2. The predicted octanol–water partition coefficient (Wildman–Crippen LogP) is 1.48. The van der Waals surface area contributed by atoms with Crippen molar-refractivity contribution in [1.29, 1.82) is 0 Å². The molecule has 2 atom stereocenters. The summed E-state index contributed by atoms with van der Waals surface area (Å²) in [7, 11) is 2.11. The Labute approximate surface area is 129 Å². The Balaban J connectivity index is 2.51. The molecule has 0 aromatic rings. The molecule has 5 heteroatoms. The first-order valence-electron chi connectivity index (χ1n) is 8.06. The number of amides is 2. The number of carbonyl (C=O) groups is 2. The average Bonchev–Trinajstić information content (AvgIpc) is 2.41. The van der Waals surface area contributed by atoms with E-state index in [0.29, 0.717) is 12.6 Å². The molecule has 122 valence electrons. The lowest BCUT2D eigenvalue weighted by molar-refractivity contribution is -0.149. The minimum absolute atomic E-state index is 0.0346. The van der Waals surface area contributed by atoms with Crippen molar-refractivity contribution in [2.45, 2.75) is 65.6 Å². The normalized spacial score (nSPS) is 23.4. The van der Waals surface area contributed by atoms with Gasteiger partial charge in [-0.2, -0.15) is 0 Å². The topological polar surface area (TPSA) is 52.7 Å². The quantitative estimate of drug-likeness (QED) is 0.724. The fraction of sp³-hybridized carbons (Fsp3) is 0.875. The molecule has 0 saturated carbocycles. The molecule has 1 rings (SSSR count). The molecule has 0 aliphatic carbocycles. The third kappa shape index (κ3) is 4.70. The third-order valence-electron chi connectivity index (χ3n) is 4.40. The summed E-state index contributed by atoms with van der Waals surface area (Å²) >= 11 is 0. The van der Waals surface area contributed by atoms with Crippen LogP contribution in [0.1, 0.15) is 47.5 Å². The molecule has 1 N–H and O–H groups in total. The maximum absolute atomic E-state index is 12.5. The molecule has 1 saturated heterocycles. The maximum atomic E-state index is 12.5. The first-order chi connectivity index (χ1) is 9.75. The number of nitrogens with zero attached hydrogens (tertiary/aromatic N) is 2. The number of hydrogen-bond acceptors (Lipinski definition) is 3. The van der Waals surface area contributed by atoms with Gasteiger partial charge in [0.15, 0.2) is 0 Å². The largest absolute Gasteiger partial charge is 0.342 e. The van der Waals surface area contributed by atoms with Crippen LogP contribution in [-0.2, 0) is 9.59 Å². The summed E-state index contributed by atoms with van der Waals surface area (Å²) in [4.78, 5) is 28.5. The molecule has 0 spiro atoms. The second-order valence-electron chi connectivity index (χ2n) is 6.72. The lowest BCUT2D eigenvalue weighted by atomic mass is 9.98. The monoisotopic (exact) mass is 297 g/mol. The van der Waals surface area contributed by atoms with E-state index in [1.807, 2.05) is 20.8 Å². The number of rotatable bonds is 7. The van der Waals surface area contributed by atoms with E-state index in [4.69, 9.17) is 0 Å². The van der Waals surface area contributed by atoms with Crippen LogP contribution in [0, 0.1) is 5.92 Å². The van der Waals surface area contributed by atoms with Gasteiger partial charge in [0.05, 0.1) is 0 Å². The molecule has 0 radical (unpaired) electrons. The van der Waals surface area contributed by atoms with Crippen molar-refractivity contribution in [2.24, 2.45) is 5.92 Å². The summed E-state index contributed by atoms with van der Waals surface area (Å²) in [5.74, 6) is 0.158. The van der Waals surface area contributed by atoms with Crippen LogP contribution in [-0.4, -0.2) is 59.9 Å². The minimum atomic E-state index is -0.368. The van der Waals surface area contributed by atoms with E-state index in [-0.39, 0.29) is 29.8 Å². The lowest BCUT2D eigenvalue weighted by Crippen LogP contribution is -2.63. The highest BCUT2D eigenvalue weighted by molar-refractivity contribution is 5.96. The molecule has 1 aliphatic rings. The van der Waals surface area contributed by atoms with E-state index < -0.39 is 0 Å². The lowest BCUT2D eigenvalue weighted by Gasteiger charge is -2.39. The van der Waals surface area contributed by atoms with Gasteiger partial charge in [-0.25, -0.2) is 0 Å². The van der Waals surface area contributed by atoms with E-state index in [2.05, 4.69) is 31.1 Å². The molecule has 1 heterocycles. The van der Waals surface area contributed by atoms with Gasteiger partial charge in [-0.1, -0.05) is 13.8 Å². The number of carbonyl (C=O) groups excluding carboxylic acids is 2. The minimum Gasteiger partial charge on any atom is -0.342 e. The fourth-order valence-corrected chi connectivity index (χ4v) is 2.50. The summed E-state index contributed by atoms with van der Waals surface area (Å²) < 4.78 is 0. The highest BCUT2D eigenvalue weighted by Crippen LogP contribution is 2.16. The summed E-state index contributed by atoms with van der Waals surface area (Å²) in [5.41, 5.74) is 0. The van der Waals surface area contributed by atoms with Gasteiger partial charge in [-0.3, -0.25) is 9.59 Å². The highest BCUT2D eigenvalue weighted by atomic mass is 16.2. The van der Waals surface area contributed by atoms with Crippen LogP contribution in [0.3, 0.4) is 0 Å². The first-order valence-corrected chi connectivity index (χ1v) is 8.06. The van der Waals surface area contributed by atoms with Gasteiger partial charge in [-0.15, -0.1) is 0 Å². The Morgan fingerprint density at radius 3 is 2.33 bits per heavy atom. The molecule has 2 amide bonds. The van der Waals surface area contributed by atoms with Crippen molar-refractivity contribution >= 4 is 11.8 Å². The molecule has 0 aromatic carbocycles. The van der Waals surface area contributed by atoms with Gasteiger partial charge in [0.25, 0.3) is 0 Å². The number of unbranched alkanes of at least 4 members (excludes halogenated alkanes) is 1. The zero-order valence-corrected chi connectivity index (χ0v) is 14.3. The van der Waals surface area contributed by atoms with Crippen molar-refractivity contribution in [2.75, 3.05) is 20.1 Å². The van der Waals surface area contributed by atoms with Crippen LogP contribution in [0.2, 0.25) is 0 Å². The Bertz CT molecular complexity index is 369. The van der Waals surface area contributed by atoms with Crippen molar-refractivity contribution < 1.29 is 9.59 Å². The molecular weight excluding hydrogens is 266 g/mol. The molecule has 0 aromatic heterocycles. The second kappa shape index (κ2) is 7.78. The zero-order chi connectivity index (χ0) is 16.2. The zero-order valence-electron chi connectivity index (χ0n) is 14.3. The predicted molar refractivity (Wildman–Crippen MR) is 84.9 cm³/mol. The highest BCUT2D eigenvalue weighted by Gasteiger charge is 2.38. The number of nitrogens with one attached hydrogen (secondary N) is 1. The van der Waals surface area contributed by atoms with Gasteiger partial charge >= 0.3 is 0 Å². The van der Waals surface area contributed by atoms with Gasteiger partial charge in [0.1, 0.15) is 12.1 Å². The molecule has 5 nitrogen and oxygen atoms in total. The Kier molecular flexibility index (Phi) is 6.65. The molecule has 1 fully saturated rings. The Morgan fingerprint density at radius 2 is 1.81 bits per heavy atom. The van der Waals surface area contributed by atoms with E-state index in [1.165, 1.54) is 0 Å². The Hall–Kier alpha value is -1.10. The summed E-state index contributed by atoms with van der Waals surface area (Å²) in [5, 5.41) is 2.83. The molecule has 1 aliphatic heterocycles. The SMILES string of the molecule is CC(C)C1NC(=O)C(C)N(CCCCN(C)C(C)C)C1=O. The smallest absolute Gasteiger partial charge is 0.246 e. The van der Waals surface area contributed by atoms with Crippen molar-refractivity contribution in [3.63, 3.8) is 0 Å². The summed E-state index contributed by atoms with van der Waals surface area (Å²) in [6.07, 6.45) is 1.98. The van der Waals surface area contributed by atoms with Crippen molar-refractivity contribution in [3.8, 4) is 0 Å². The van der Waals surface area contributed by atoms with Crippen LogP contribution in [0.4, 0.5) is 0 Å². The third-order valence-corrected chi connectivity index (χ3v) is 4.40. The van der Waals surface area contributed by atoms with Gasteiger partial charge in [0, 0.05) is 12.6 Å². The van der Waals surface area contributed by atoms with E-state index in [9.17, 15) is 9.59 Å². The Morgan fingerprint density at radius 1 is 1.19 bits per heavy atom. The molecule has 0 bridgehead atoms. The second-order valence-corrected chi connectivity index (χ2v) is 6.72. The van der Waals surface area contributed by atoms with E-state index >= 15 is 0 Å². The van der Waals surface area contributed by atoms with E-state index in [1.54, 1.807) is 4.90 Å². The van der Waals surface area contributed by atoms with E-state index in [0.717, 1.165) is 19.4 Å². The van der Waals surface area contributed by atoms with Crippen LogP contribution < -0.4 is 5.32 Å². The maximum Gasteiger partial charge on any atom is 0.246 e. The van der Waals surface area contributed by atoms with Crippen LogP contribution >= 0.6 is 0 Å². The average molecular weight is 297 g/mol. The first kappa shape index (κ1) is 18.0. The van der Waals surface area contributed by atoms with Crippen molar-refractivity contribution in [3.05, 3.63) is 0 Å². The van der Waals surface area contributed by atoms with Crippen LogP contribution in [0.5, 0.6) is 0 Å². The standard InChI is InChI=1S/C16H31N3O2/c1-11(2)14-16(21)19(13(5)15(20)17-14)10-8-7-9-18(6)12(3)4/h11-14H,7-10H2,1-6H3,(H,17,20).